The normalized spacial score (nSPS) is 10.4. The minimum absolute atomic E-state index is 0.120. The molecule has 100 valence electrons. The number of ether oxygens (including phenoxy) is 1. The van der Waals surface area contributed by atoms with Crippen molar-refractivity contribution in [1.29, 1.82) is 0 Å². The van der Waals surface area contributed by atoms with Gasteiger partial charge in [-0.1, -0.05) is 0 Å². The summed E-state index contributed by atoms with van der Waals surface area (Å²) < 4.78 is 4.95. The molecule has 0 bridgehead atoms. The highest BCUT2D eigenvalue weighted by Gasteiger charge is 2.09. The lowest BCUT2D eigenvalue weighted by atomic mass is 10.5. The van der Waals surface area contributed by atoms with Gasteiger partial charge in [-0.15, -0.1) is 23.1 Å². The van der Waals surface area contributed by atoms with Crippen LogP contribution in [-0.4, -0.2) is 34.5 Å². The number of thioether (sulfide) groups is 1. The van der Waals surface area contributed by atoms with E-state index in [1.54, 1.807) is 13.8 Å². The molecule has 5 nitrogen and oxygen atoms in total. The van der Waals surface area contributed by atoms with Gasteiger partial charge in [-0.05, 0) is 20.8 Å². The van der Waals surface area contributed by atoms with Crippen LogP contribution in [0.4, 0.5) is 5.13 Å². The van der Waals surface area contributed by atoms with Gasteiger partial charge in [0.2, 0.25) is 5.91 Å². The molecule has 0 aromatic carbocycles. The fourth-order valence-corrected chi connectivity index (χ4v) is 2.39. The van der Waals surface area contributed by atoms with Gasteiger partial charge in [-0.2, -0.15) is 0 Å². The first kappa shape index (κ1) is 15.0. The number of aryl methyl sites for hydroxylation is 1. The van der Waals surface area contributed by atoms with Crippen LogP contribution in [0, 0.1) is 6.92 Å². The highest BCUT2D eigenvalue weighted by atomic mass is 32.2. The van der Waals surface area contributed by atoms with Crippen molar-refractivity contribution >= 4 is 40.1 Å². The van der Waals surface area contributed by atoms with Gasteiger partial charge in [0, 0.05) is 5.38 Å². The molecule has 0 aliphatic heterocycles. The zero-order chi connectivity index (χ0) is 13.5. The van der Waals surface area contributed by atoms with Crippen molar-refractivity contribution in [3.63, 3.8) is 0 Å². The lowest BCUT2D eigenvalue weighted by Gasteiger charge is -2.07. The molecule has 1 rings (SSSR count). The Morgan fingerprint density at radius 1 is 1.50 bits per heavy atom. The van der Waals surface area contributed by atoms with E-state index in [-0.39, 0.29) is 29.5 Å². The maximum Gasteiger partial charge on any atom is 0.316 e. The molecule has 0 saturated heterocycles. The van der Waals surface area contributed by atoms with Crippen molar-refractivity contribution in [2.75, 3.05) is 16.8 Å². The van der Waals surface area contributed by atoms with Crippen LogP contribution in [-0.2, 0) is 14.3 Å². The Labute approximate surface area is 114 Å². The van der Waals surface area contributed by atoms with E-state index in [2.05, 4.69) is 10.3 Å². The van der Waals surface area contributed by atoms with E-state index >= 15 is 0 Å². The molecule has 0 aliphatic carbocycles. The molecule has 1 N–H and O–H groups in total. The topological polar surface area (TPSA) is 68.3 Å². The third-order valence-electron chi connectivity index (χ3n) is 1.69. The molecular formula is C11H16N2O3S2. The summed E-state index contributed by atoms with van der Waals surface area (Å²) in [5.74, 6) is -0.0616. The highest BCUT2D eigenvalue weighted by Crippen LogP contribution is 2.14. The van der Waals surface area contributed by atoms with Crippen LogP contribution in [0.1, 0.15) is 19.5 Å². The Morgan fingerprint density at radius 2 is 2.22 bits per heavy atom. The van der Waals surface area contributed by atoms with Crippen molar-refractivity contribution < 1.29 is 14.3 Å². The Balaban J connectivity index is 2.19. The molecule has 1 heterocycles. The molecule has 0 spiro atoms. The molecule has 1 amide bonds. The number of thiazole rings is 1. The fourth-order valence-electron chi connectivity index (χ4n) is 1.09. The summed E-state index contributed by atoms with van der Waals surface area (Å²) in [7, 11) is 0. The fraction of sp³-hybridized carbons (Fsp3) is 0.545. The maximum atomic E-state index is 11.5. The van der Waals surface area contributed by atoms with E-state index in [1.165, 1.54) is 23.1 Å². The molecule has 0 fully saturated rings. The summed E-state index contributed by atoms with van der Waals surface area (Å²) >= 11 is 2.61. The molecule has 0 radical (unpaired) electrons. The zero-order valence-corrected chi connectivity index (χ0v) is 12.2. The van der Waals surface area contributed by atoms with Crippen LogP contribution in [0.3, 0.4) is 0 Å². The lowest BCUT2D eigenvalue weighted by Crippen LogP contribution is -2.17. The van der Waals surface area contributed by atoms with Crippen molar-refractivity contribution in [3.8, 4) is 0 Å². The monoisotopic (exact) mass is 288 g/mol. The van der Waals surface area contributed by atoms with Crippen molar-refractivity contribution in [2.24, 2.45) is 0 Å². The zero-order valence-electron chi connectivity index (χ0n) is 10.6. The van der Waals surface area contributed by atoms with Crippen molar-refractivity contribution in [3.05, 3.63) is 11.1 Å². The van der Waals surface area contributed by atoms with Crippen molar-refractivity contribution in [2.45, 2.75) is 26.9 Å². The minimum atomic E-state index is -0.298. The SMILES string of the molecule is Cc1csc(NC(=O)CSCC(=O)OC(C)C)n1. The van der Waals surface area contributed by atoms with Crippen molar-refractivity contribution in [1.82, 2.24) is 4.98 Å². The van der Waals surface area contributed by atoms with Gasteiger partial charge < -0.3 is 10.1 Å². The van der Waals surface area contributed by atoms with Gasteiger partial charge in [-0.3, -0.25) is 9.59 Å². The number of rotatable bonds is 6. The van der Waals surface area contributed by atoms with Gasteiger partial charge in [0.15, 0.2) is 5.13 Å². The number of nitrogens with zero attached hydrogens (tertiary/aromatic N) is 1. The average Bonchev–Trinajstić information content (AvgIpc) is 2.62. The molecule has 18 heavy (non-hydrogen) atoms. The van der Waals surface area contributed by atoms with Gasteiger partial charge in [0.1, 0.15) is 0 Å². The molecule has 0 saturated carbocycles. The van der Waals surface area contributed by atoms with Crippen LogP contribution >= 0.6 is 23.1 Å². The van der Waals surface area contributed by atoms with Crippen LogP contribution in [0.5, 0.6) is 0 Å². The molecule has 1 aromatic rings. The maximum absolute atomic E-state index is 11.5. The lowest BCUT2D eigenvalue weighted by molar-refractivity contribution is -0.144. The van der Waals surface area contributed by atoms with Gasteiger partial charge in [-0.25, -0.2) is 4.98 Å². The predicted octanol–water partition coefficient (Wildman–Crippen LogP) is 2.07. The predicted molar refractivity (Wildman–Crippen MR) is 74.0 cm³/mol. The van der Waals surface area contributed by atoms with Crippen LogP contribution < -0.4 is 5.32 Å². The standard InChI is InChI=1S/C11H16N2O3S2/c1-7(2)16-10(15)6-17-5-9(14)13-11-12-8(3)4-18-11/h4,7H,5-6H2,1-3H3,(H,12,13,14). The van der Waals surface area contributed by atoms with Gasteiger partial charge in [0.05, 0.1) is 23.3 Å². The van der Waals surface area contributed by atoms with E-state index in [9.17, 15) is 9.59 Å². The molecule has 0 unspecified atom stereocenters. The number of nitrogens with one attached hydrogen (secondary N) is 1. The molecular weight excluding hydrogens is 272 g/mol. The largest absolute Gasteiger partial charge is 0.462 e. The highest BCUT2D eigenvalue weighted by molar-refractivity contribution is 8.00. The Morgan fingerprint density at radius 3 is 2.78 bits per heavy atom. The number of carbonyl (C=O) groups excluding carboxylic acids is 2. The second-order valence-electron chi connectivity index (χ2n) is 3.87. The smallest absolute Gasteiger partial charge is 0.316 e. The summed E-state index contributed by atoms with van der Waals surface area (Å²) in [6.07, 6.45) is -0.120. The second-order valence-corrected chi connectivity index (χ2v) is 5.72. The van der Waals surface area contributed by atoms with Gasteiger partial charge >= 0.3 is 5.97 Å². The summed E-state index contributed by atoms with van der Waals surface area (Å²) in [4.78, 5) is 26.8. The summed E-state index contributed by atoms with van der Waals surface area (Å²) in [6.45, 7) is 5.45. The number of carbonyl (C=O) groups is 2. The Kier molecular flexibility index (Phi) is 6.14. The number of hydrogen-bond donors (Lipinski definition) is 1. The number of hydrogen-bond acceptors (Lipinski definition) is 6. The first-order valence-electron chi connectivity index (χ1n) is 5.46. The molecule has 0 atom stereocenters. The Hall–Kier alpha value is -1.08. The van der Waals surface area contributed by atoms with E-state index in [4.69, 9.17) is 4.74 Å². The van der Waals surface area contributed by atoms with E-state index in [1.807, 2.05) is 12.3 Å². The second kappa shape index (κ2) is 7.38. The number of esters is 1. The van der Waals surface area contributed by atoms with E-state index in [0.29, 0.717) is 5.13 Å². The van der Waals surface area contributed by atoms with Crippen LogP contribution in [0.25, 0.3) is 0 Å². The average molecular weight is 288 g/mol. The molecule has 0 aliphatic rings. The Bertz CT molecular complexity index is 418. The number of anilines is 1. The van der Waals surface area contributed by atoms with E-state index in [0.717, 1.165) is 5.69 Å². The van der Waals surface area contributed by atoms with Gasteiger partial charge in [0.25, 0.3) is 0 Å². The minimum Gasteiger partial charge on any atom is -0.462 e. The van der Waals surface area contributed by atoms with Crippen LogP contribution in [0.2, 0.25) is 0 Å². The summed E-state index contributed by atoms with van der Waals surface area (Å²) in [6, 6.07) is 0. The first-order valence-corrected chi connectivity index (χ1v) is 7.50. The quantitative estimate of drug-likeness (QED) is 0.812. The first-order chi connectivity index (χ1) is 8.47. The number of aromatic nitrogens is 1. The van der Waals surface area contributed by atoms with Crippen LogP contribution in [0.15, 0.2) is 5.38 Å². The third kappa shape index (κ3) is 6.02. The third-order valence-corrected chi connectivity index (χ3v) is 3.47. The van der Waals surface area contributed by atoms with E-state index < -0.39 is 0 Å². The summed E-state index contributed by atoms with van der Waals surface area (Å²) in [5, 5.41) is 5.12. The molecule has 7 heteroatoms. The molecule has 1 aromatic heterocycles. The number of amides is 1. The summed E-state index contributed by atoms with van der Waals surface area (Å²) in [5.41, 5.74) is 0.878.